The second kappa shape index (κ2) is 6.35. The summed E-state index contributed by atoms with van der Waals surface area (Å²) in [6, 6.07) is 4.84. The van der Waals surface area contributed by atoms with Gasteiger partial charge >= 0.3 is 0 Å². The van der Waals surface area contributed by atoms with Gasteiger partial charge in [0.2, 0.25) is 5.91 Å². The predicted octanol–water partition coefficient (Wildman–Crippen LogP) is 2.16. The summed E-state index contributed by atoms with van der Waals surface area (Å²) >= 11 is 13.3. The minimum absolute atomic E-state index is 0.375. The Hall–Kier alpha value is -0.420. The molecule has 0 heterocycles. The van der Waals surface area contributed by atoms with Crippen molar-refractivity contribution < 1.29 is 4.79 Å². The molecule has 0 aromatic heterocycles. The molecule has 0 aliphatic rings. The van der Waals surface area contributed by atoms with Gasteiger partial charge in [-0.15, -0.1) is 11.8 Å². The van der Waals surface area contributed by atoms with Gasteiger partial charge in [0.25, 0.3) is 0 Å². The molecule has 1 rings (SSSR count). The smallest absolute Gasteiger partial charge is 0.235 e. The van der Waals surface area contributed by atoms with Crippen LogP contribution in [0.2, 0.25) is 10.0 Å². The maximum Gasteiger partial charge on any atom is 0.235 e. The van der Waals surface area contributed by atoms with Crippen LogP contribution in [0.3, 0.4) is 0 Å². The quantitative estimate of drug-likeness (QED) is 0.812. The summed E-state index contributed by atoms with van der Waals surface area (Å²) in [5.74, 6) is 0.138. The molecule has 0 fully saturated rings. The van der Waals surface area contributed by atoms with Crippen molar-refractivity contribution in [2.45, 2.75) is 10.9 Å². The zero-order valence-electron chi connectivity index (χ0n) is 8.67. The van der Waals surface area contributed by atoms with E-state index in [0.29, 0.717) is 15.8 Å². The standard InChI is InChI=1S/C10H12Cl2N2OS/c1-14-8(10(13)15)5-16-9-4-6(11)2-3-7(9)12/h2-4,8,14H,5H2,1H3,(H2,13,15). The molecule has 16 heavy (non-hydrogen) atoms. The number of rotatable bonds is 5. The molecule has 6 heteroatoms. The zero-order valence-corrected chi connectivity index (χ0v) is 11.0. The van der Waals surface area contributed by atoms with Gasteiger partial charge in [-0.1, -0.05) is 23.2 Å². The molecule has 1 aromatic rings. The Bertz CT molecular complexity index is 387. The van der Waals surface area contributed by atoms with Crippen molar-refractivity contribution in [2.24, 2.45) is 5.73 Å². The third-order valence-electron chi connectivity index (χ3n) is 1.99. The van der Waals surface area contributed by atoms with Crippen molar-refractivity contribution in [3.8, 4) is 0 Å². The van der Waals surface area contributed by atoms with Crippen molar-refractivity contribution in [1.29, 1.82) is 0 Å². The van der Waals surface area contributed by atoms with Gasteiger partial charge < -0.3 is 11.1 Å². The number of nitrogens with one attached hydrogen (secondary N) is 1. The minimum Gasteiger partial charge on any atom is -0.368 e. The lowest BCUT2D eigenvalue weighted by atomic mass is 10.3. The van der Waals surface area contributed by atoms with Crippen LogP contribution < -0.4 is 11.1 Å². The van der Waals surface area contributed by atoms with E-state index in [9.17, 15) is 4.79 Å². The summed E-state index contributed by atoms with van der Waals surface area (Å²) in [5.41, 5.74) is 5.21. The molecule has 3 nitrogen and oxygen atoms in total. The van der Waals surface area contributed by atoms with E-state index in [2.05, 4.69) is 5.32 Å². The van der Waals surface area contributed by atoms with Crippen LogP contribution >= 0.6 is 35.0 Å². The number of benzene rings is 1. The SMILES string of the molecule is CNC(CSc1cc(Cl)ccc1Cl)C(N)=O. The number of halogens is 2. The summed E-state index contributed by atoms with van der Waals surface area (Å²) in [6.45, 7) is 0. The van der Waals surface area contributed by atoms with Crippen LogP contribution in [0.15, 0.2) is 23.1 Å². The summed E-state index contributed by atoms with van der Waals surface area (Å²) < 4.78 is 0. The van der Waals surface area contributed by atoms with Gasteiger partial charge in [0.15, 0.2) is 0 Å². The molecule has 0 aliphatic heterocycles. The van der Waals surface area contributed by atoms with Gasteiger partial charge in [0.1, 0.15) is 0 Å². The van der Waals surface area contributed by atoms with Gasteiger partial charge in [0.05, 0.1) is 11.1 Å². The van der Waals surface area contributed by atoms with Gasteiger partial charge in [-0.2, -0.15) is 0 Å². The predicted molar refractivity (Wildman–Crippen MR) is 69.2 cm³/mol. The van der Waals surface area contributed by atoms with Crippen molar-refractivity contribution in [3.63, 3.8) is 0 Å². The van der Waals surface area contributed by atoms with E-state index < -0.39 is 0 Å². The van der Waals surface area contributed by atoms with Crippen LogP contribution in [0.1, 0.15) is 0 Å². The van der Waals surface area contributed by atoms with Crippen LogP contribution in [0, 0.1) is 0 Å². The van der Waals surface area contributed by atoms with E-state index in [1.165, 1.54) is 11.8 Å². The summed E-state index contributed by atoms with van der Waals surface area (Å²) in [7, 11) is 1.69. The molecule has 1 aromatic carbocycles. The molecule has 1 unspecified atom stereocenters. The van der Waals surface area contributed by atoms with E-state index in [0.717, 1.165) is 4.90 Å². The highest BCUT2D eigenvalue weighted by atomic mass is 35.5. The highest BCUT2D eigenvalue weighted by Crippen LogP contribution is 2.30. The number of amides is 1. The van der Waals surface area contributed by atoms with E-state index in [4.69, 9.17) is 28.9 Å². The Morgan fingerprint density at radius 2 is 2.25 bits per heavy atom. The fourth-order valence-corrected chi connectivity index (χ4v) is 2.68. The topological polar surface area (TPSA) is 55.1 Å². The molecule has 88 valence electrons. The van der Waals surface area contributed by atoms with Gasteiger partial charge in [-0.05, 0) is 25.2 Å². The van der Waals surface area contributed by atoms with E-state index in [1.54, 1.807) is 25.2 Å². The first kappa shape index (κ1) is 13.6. The number of carbonyl (C=O) groups is 1. The number of carbonyl (C=O) groups excluding carboxylic acids is 1. The molecule has 3 N–H and O–H groups in total. The minimum atomic E-state index is -0.381. The molecule has 0 saturated carbocycles. The normalized spacial score (nSPS) is 12.4. The maximum atomic E-state index is 11.0. The summed E-state index contributed by atoms with van der Waals surface area (Å²) in [5, 5.41) is 4.07. The van der Waals surface area contributed by atoms with Crippen LogP contribution in [-0.2, 0) is 4.79 Å². The second-order valence-electron chi connectivity index (χ2n) is 3.13. The van der Waals surface area contributed by atoms with Crippen molar-refractivity contribution in [1.82, 2.24) is 5.32 Å². The van der Waals surface area contributed by atoms with E-state index >= 15 is 0 Å². The Morgan fingerprint density at radius 1 is 1.56 bits per heavy atom. The number of likely N-dealkylation sites (N-methyl/N-ethyl adjacent to an activating group) is 1. The average Bonchev–Trinajstić information content (AvgIpc) is 2.23. The molecular formula is C10H12Cl2N2OS. The molecule has 0 saturated heterocycles. The molecule has 1 atom stereocenters. The fourth-order valence-electron chi connectivity index (χ4n) is 1.07. The number of primary amides is 1. The zero-order chi connectivity index (χ0) is 12.1. The third kappa shape index (κ3) is 3.87. The van der Waals surface area contributed by atoms with E-state index in [1.807, 2.05) is 0 Å². The highest BCUT2D eigenvalue weighted by Gasteiger charge is 2.13. The van der Waals surface area contributed by atoms with Gasteiger partial charge in [0, 0.05) is 15.7 Å². The highest BCUT2D eigenvalue weighted by molar-refractivity contribution is 7.99. The molecule has 0 aliphatic carbocycles. The first-order chi connectivity index (χ1) is 7.54. The Kier molecular flexibility index (Phi) is 5.41. The Balaban J connectivity index is 2.66. The number of nitrogens with two attached hydrogens (primary N) is 1. The second-order valence-corrected chi connectivity index (χ2v) is 5.03. The van der Waals surface area contributed by atoms with Crippen LogP contribution in [-0.4, -0.2) is 24.7 Å². The third-order valence-corrected chi connectivity index (χ3v) is 3.82. The summed E-state index contributed by atoms with van der Waals surface area (Å²) in [4.78, 5) is 11.8. The molecule has 1 amide bonds. The largest absolute Gasteiger partial charge is 0.368 e. The first-order valence-corrected chi connectivity index (χ1v) is 6.33. The van der Waals surface area contributed by atoms with Crippen molar-refractivity contribution in [3.05, 3.63) is 28.2 Å². The van der Waals surface area contributed by atoms with Gasteiger partial charge in [-0.25, -0.2) is 0 Å². The monoisotopic (exact) mass is 278 g/mol. The molecule has 0 bridgehead atoms. The van der Waals surface area contributed by atoms with Crippen LogP contribution in [0.25, 0.3) is 0 Å². The lowest BCUT2D eigenvalue weighted by Gasteiger charge is -2.12. The van der Waals surface area contributed by atoms with Crippen LogP contribution in [0.4, 0.5) is 0 Å². The summed E-state index contributed by atoms with van der Waals surface area (Å²) in [6.07, 6.45) is 0. The maximum absolute atomic E-state index is 11.0. The van der Waals surface area contributed by atoms with Crippen molar-refractivity contribution >= 4 is 40.9 Å². The van der Waals surface area contributed by atoms with E-state index in [-0.39, 0.29) is 11.9 Å². The number of thioether (sulfide) groups is 1. The number of hydrogen-bond donors (Lipinski definition) is 2. The molecular weight excluding hydrogens is 267 g/mol. The van der Waals surface area contributed by atoms with Crippen LogP contribution in [0.5, 0.6) is 0 Å². The first-order valence-electron chi connectivity index (χ1n) is 4.59. The lowest BCUT2D eigenvalue weighted by molar-refractivity contribution is -0.119. The average molecular weight is 279 g/mol. The lowest BCUT2D eigenvalue weighted by Crippen LogP contribution is -2.41. The molecule has 0 radical (unpaired) electrons. The molecule has 0 spiro atoms. The van der Waals surface area contributed by atoms with Gasteiger partial charge in [-0.3, -0.25) is 4.79 Å². The number of hydrogen-bond acceptors (Lipinski definition) is 3. The Morgan fingerprint density at radius 3 is 2.81 bits per heavy atom. The fraction of sp³-hybridized carbons (Fsp3) is 0.300. The Labute approximate surface area is 109 Å². The van der Waals surface area contributed by atoms with Crippen molar-refractivity contribution in [2.75, 3.05) is 12.8 Å².